The maximum Gasteiger partial charge on any atom is 0.405 e. The Bertz CT molecular complexity index is 855. The van der Waals surface area contributed by atoms with Crippen LogP contribution in [0.15, 0.2) is 23.1 Å². The lowest BCUT2D eigenvalue weighted by atomic mass is 10.1. The Morgan fingerprint density at radius 1 is 1.11 bits per heavy atom. The molecule has 156 valence electrons. The fourth-order valence-corrected chi connectivity index (χ4v) is 2.76. The number of ether oxygens (including phenoxy) is 1. The molecule has 0 spiro atoms. The minimum atomic E-state index is -4.65. The average molecular weight is 425 g/mol. The quantitative estimate of drug-likeness (QED) is 0.546. The molecule has 0 aromatic heterocycles. The molecule has 9 nitrogen and oxygen atoms in total. The number of sulfonamides is 1. The summed E-state index contributed by atoms with van der Waals surface area (Å²) in [6, 6.07) is 2.93. The lowest BCUT2D eigenvalue weighted by molar-refractivity contribution is -0.147. The van der Waals surface area contributed by atoms with Crippen LogP contribution in [0.2, 0.25) is 0 Å². The van der Waals surface area contributed by atoms with E-state index in [9.17, 15) is 36.0 Å². The summed E-state index contributed by atoms with van der Waals surface area (Å²) in [7, 11) is -4.00. The molecule has 0 saturated carbocycles. The lowest BCUT2D eigenvalue weighted by Crippen LogP contribution is -2.44. The minimum Gasteiger partial charge on any atom is -0.455 e. The van der Waals surface area contributed by atoms with Crippen molar-refractivity contribution >= 4 is 27.9 Å². The maximum absolute atomic E-state index is 12.1. The van der Waals surface area contributed by atoms with E-state index >= 15 is 0 Å². The molecule has 0 bridgehead atoms. The molecule has 0 aliphatic heterocycles. The van der Waals surface area contributed by atoms with Crippen molar-refractivity contribution in [2.24, 2.45) is 0 Å². The number of alkyl halides is 3. The Hall–Kier alpha value is -2.67. The smallest absolute Gasteiger partial charge is 0.405 e. The second-order valence-corrected chi connectivity index (χ2v) is 7.34. The number of benzene rings is 1. The third-order valence-electron chi connectivity index (χ3n) is 3.26. The fraction of sp³-hybridized carbons (Fsp3) is 0.400. The Labute approximate surface area is 158 Å². The van der Waals surface area contributed by atoms with Gasteiger partial charge in [0.15, 0.2) is 6.61 Å². The molecular formula is C15H18F3N3O6S. The Morgan fingerprint density at radius 2 is 1.75 bits per heavy atom. The van der Waals surface area contributed by atoms with Crippen LogP contribution in [0.1, 0.15) is 11.1 Å². The number of hydrogen-bond donors (Lipinski definition) is 3. The van der Waals surface area contributed by atoms with E-state index in [1.807, 2.05) is 4.72 Å². The number of esters is 1. The fourth-order valence-electron chi connectivity index (χ4n) is 1.70. The zero-order valence-electron chi connectivity index (χ0n) is 14.8. The van der Waals surface area contributed by atoms with Crippen LogP contribution in [0, 0.1) is 13.8 Å². The van der Waals surface area contributed by atoms with Crippen LogP contribution in [0.3, 0.4) is 0 Å². The van der Waals surface area contributed by atoms with Crippen LogP contribution in [0.4, 0.5) is 18.0 Å². The van der Waals surface area contributed by atoms with Gasteiger partial charge in [-0.05, 0) is 37.1 Å². The highest BCUT2D eigenvalue weighted by Gasteiger charge is 2.28. The van der Waals surface area contributed by atoms with Crippen molar-refractivity contribution in [3.8, 4) is 0 Å². The van der Waals surface area contributed by atoms with Gasteiger partial charge >= 0.3 is 18.2 Å². The largest absolute Gasteiger partial charge is 0.455 e. The molecule has 0 unspecified atom stereocenters. The van der Waals surface area contributed by atoms with E-state index in [4.69, 9.17) is 0 Å². The average Bonchev–Trinajstić information content (AvgIpc) is 2.58. The van der Waals surface area contributed by atoms with E-state index in [-0.39, 0.29) is 4.90 Å². The van der Waals surface area contributed by atoms with E-state index in [0.717, 1.165) is 11.1 Å². The number of urea groups is 1. The lowest BCUT2D eigenvalue weighted by Gasteiger charge is -2.10. The molecule has 1 aromatic rings. The summed E-state index contributed by atoms with van der Waals surface area (Å²) in [4.78, 5) is 33.8. The van der Waals surface area contributed by atoms with Crippen molar-refractivity contribution < 1.29 is 40.7 Å². The van der Waals surface area contributed by atoms with Crippen LogP contribution in [0.5, 0.6) is 0 Å². The SMILES string of the molecule is Cc1ccc(S(=O)(=O)NCC(=O)OCC(=O)NC(=O)NCC(F)(F)F)cc1C. The van der Waals surface area contributed by atoms with Gasteiger partial charge in [-0.1, -0.05) is 6.07 Å². The molecule has 3 N–H and O–H groups in total. The van der Waals surface area contributed by atoms with Gasteiger partial charge in [-0.25, -0.2) is 13.2 Å². The first kappa shape index (κ1) is 23.4. The van der Waals surface area contributed by atoms with Crippen molar-refractivity contribution in [1.82, 2.24) is 15.4 Å². The molecular weight excluding hydrogens is 407 g/mol. The molecule has 3 amide bonds. The van der Waals surface area contributed by atoms with Crippen molar-refractivity contribution in [2.45, 2.75) is 24.9 Å². The van der Waals surface area contributed by atoms with Gasteiger partial charge in [-0.3, -0.25) is 14.9 Å². The monoisotopic (exact) mass is 425 g/mol. The number of nitrogens with one attached hydrogen (secondary N) is 3. The van der Waals surface area contributed by atoms with Crippen molar-refractivity contribution in [1.29, 1.82) is 0 Å². The number of carbonyl (C=O) groups excluding carboxylic acids is 3. The molecule has 28 heavy (non-hydrogen) atoms. The van der Waals surface area contributed by atoms with Gasteiger partial charge in [0.25, 0.3) is 5.91 Å². The van der Waals surface area contributed by atoms with Gasteiger partial charge in [-0.15, -0.1) is 0 Å². The Morgan fingerprint density at radius 3 is 2.32 bits per heavy atom. The summed E-state index contributed by atoms with van der Waals surface area (Å²) in [6.07, 6.45) is -4.65. The number of rotatable bonds is 7. The minimum absolute atomic E-state index is 0.0671. The van der Waals surface area contributed by atoms with Gasteiger partial charge in [0.05, 0.1) is 4.90 Å². The van der Waals surface area contributed by atoms with E-state index in [2.05, 4.69) is 4.74 Å². The molecule has 13 heteroatoms. The molecule has 1 rings (SSSR count). The van der Waals surface area contributed by atoms with Crippen LogP contribution in [-0.2, 0) is 24.3 Å². The van der Waals surface area contributed by atoms with Gasteiger partial charge in [-0.2, -0.15) is 17.9 Å². The summed E-state index contributed by atoms with van der Waals surface area (Å²) in [5.74, 6) is -2.32. The second kappa shape index (κ2) is 9.50. The van der Waals surface area contributed by atoms with Crippen LogP contribution in [-0.4, -0.2) is 52.2 Å². The van der Waals surface area contributed by atoms with Crippen LogP contribution < -0.4 is 15.4 Å². The summed E-state index contributed by atoms with van der Waals surface area (Å²) in [5.41, 5.74) is 1.61. The number of amides is 3. The zero-order valence-corrected chi connectivity index (χ0v) is 15.7. The van der Waals surface area contributed by atoms with Crippen LogP contribution in [0.25, 0.3) is 0 Å². The van der Waals surface area contributed by atoms with E-state index < -0.39 is 53.8 Å². The third kappa shape index (κ3) is 8.35. The highest BCUT2D eigenvalue weighted by Crippen LogP contribution is 2.14. The topological polar surface area (TPSA) is 131 Å². The van der Waals surface area contributed by atoms with Gasteiger partial charge < -0.3 is 10.1 Å². The highest BCUT2D eigenvalue weighted by atomic mass is 32.2. The number of hydrogen-bond acceptors (Lipinski definition) is 6. The Balaban J connectivity index is 2.42. The first-order chi connectivity index (χ1) is 12.8. The summed E-state index contributed by atoms with van der Waals surface area (Å²) < 4.78 is 66.3. The summed E-state index contributed by atoms with van der Waals surface area (Å²) in [6.45, 7) is 0.0929. The Kier molecular flexibility index (Phi) is 7.93. The summed E-state index contributed by atoms with van der Waals surface area (Å²) >= 11 is 0. The molecule has 0 saturated heterocycles. The number of carbonyl (C=O) groups is 3. The van der Waals surface area contributed by atoms with E-state index in [0.29, 0.717) is 0 Å². The van der Waals surface area contributed by atoms with Crippen molar-refractivity contribution in [3.05, 3.63) is 29.3 Å². The van der Waals surface area contributed by atoms with Crippen molar-refractivity contribution in [2.75, 3.05) is 19.7 Å². The first-order valence-electron chi connectivity index (χ1n) is 7.67. The maximum atomic E-state index is 12.1. The zero-order chi connectivity index (χ0) is 21.5. The van der Waals surface area contributed by atoms with E-state index in [1.165, 1.54) is 22.8 Å². The molecule has 0 radical (unpaired) electrons. The number of imide groups is 1. The molecule has 0 aliphatic carbocycles. The molecule has 1 aromatic carbocycles. The first-order valence-corrected chi connectivity index (χ1v) is 9.15. The van der Waals surface area contributed by atoms with Gasteiger partial charge in [0, 0.05) is 0 Å². The van der Waals surface area contributed by atoms with Crippen molar-refractivity contribution in [3.63, 3.8) is 0 Å². The number of halogens is 3. The normalized spacial score (nSPS) is 11.6. The standard InChI is InChI=1S/C15H18F3N3O6S/c1-9-3-4-11(5-10(9)2)28(25,26)20-6-13(23)27-7-12(22)21-14(24)19-8-15(16,17)18/h3-5,20H,6-8H2,1-2H3,(H2,19,21,22,24). The summed E-state index contributed by atoms with van der Waals surface area (Å²) in [5, 5.41) is 2.90. The van der Waals surface area contributed by atoms with Crippen LogP contribution >= 0.6 is 0 Å². The third-order valence-corrected chi connectivity index (χ3v) is 4.66. The molecule has 0 fully saturated rings. The van der Waals surface area contributed by atoms with E-state index in [1.54, 1.807) is 19.9 Å². The predicted octanol–water partition coefficient (Wildman–Crippen LogP) is 0.513. The van der Waals surface area contributed by atoms with Gasteiger partial charge in [0.2, 0.25) is 10.0 Å². The highest BCUT2D eigenvalue weighted by molar-refractivity contribution is 7.89. The molecule has 0 atom stereocenters. The second-order valence-electron chi connectivity index (χ2n) is 5.58. The van der Waals surface area contributed by atoms with Gasteiger partial charge in [0.1, 0.15) is 13.1 Å². The molecule has 0 aliphatic rings. The predicted molar refractivity (Wildman–Crippen MR) is 89.7 cm³/mol. The number of aryl methyl sites for hydroxylation is 2. The molecule has 0 heterocycles.